The van der Waals surface area contributed by atoms with Gasteiger partial charge in [-0.2, -0.15) is 26.3 Å². The van der Waals surface area contributed by atoms with E-state index < -0.39 is 57.4 Å². The molecule has 0 aliphatic carbocycles. The largest absolute Gasteiger partial charge is 0.434 e. The number of rotatable bonds is 4. The first-order chi connectivity index (χ1) is 10.9. The van der Waals surface area contributed by atoms with Gasteiger partial charge in [0.1, 0.15) is 10.8 Å². The minimum absolute atomic E-state index is 0.0880. The molecule has 2 aromatic rings. The van der Waals surface area contributed by atoms with Gasteiger partial charge >= 0.3 is 12.4 Å². The van der Waals surface area contributed by atoms with Gasteiger partial charge in [0, 0.05) is 22.2 Å². The van der Waals surface area contributed by atoms with Crippen molar-refractivity contribution in [2.24, 2.45) is 0 Å². The molecule has 0 aliphatic heterocycles. The van der Waals surface area contributed by atoms with Crippen molar-refractivity contribution in [3.05, 3.63) is 44.0 Å². The Morgan fingerprint density at radius 1 is 1.04 bits per heavy atom. The number of H-pyrrole nitrogens is 1. The highest BCUT2D eigenvalue weighted by Crippen LogP contribution is 2.30. The van der Waals surface area contributed by atoms with E-state index in [2.05, 4.69) is 9.97 Å². The summed E-state index contributed by atoms with van der Waals surface area (Å²) >= 11 is 0.629. The monoisotopic (exact) mass is 391 g/mol. The third-order valence-corrected chi connectivity index (χ3v) is 4.73. The van der Waals surface area contributed by atoms with Gasteiger partial charge in [0.25, 0.3) is 5.56 Å². The lowest BCUT2D eigenvalue weighted by Crippen LogP contribution is -2.19. The molecule has 13 heteroatoms. The van der Waals surface area contributed by atoms with Crippen molar-refractivity contribution in [2.75, 3.05) is 0 Å². The summed E-state index contributed by atoms with van der Waals surface area (Å²) in [5.41, 5.74) is -3.64. The molecule has 2 rings (SSSR count). The minimum atomic E-state index is -4.85. The van der Waals surface area contributed by atoms with Gasteiger partial charge in [0.2, 0.25) is 0 Å². The molecule has 2 aromatic heterocycles. The smallest absolute Gasteiger partial charge is 0.310 e. The van der Waals surface area contributed by atoms with Gasteiger partial charge in [0.05, 0.1) is 11.5 Å². The van der Waals surface area contributed by atoms with Crippen molar-refractivity contribution in [2.45, 2.75) is 23.9 Å². The Balaban J connectivity index is 2.12. The lowest BCUT2D eigenvalue weighted by molar-refractivity contribution is -0.141. The van der Waals surface area contributed by atoms with E-state index in [0.29, 0.717) is 11.3 Å². The number of aromatic nitrogens is 3. The molecule has 0 saturated heterocycles. The van der Waals surface area contributed by atoms with E-state index in [1.54, 1.807) is 0 Å². The SMILES string of the molecule is O=c1cc(C(F)(F)F)nc(CS(=O)Cc2nc(C(F)(F)F)cs2)[nH]1. The second-order valence-corrected chi connectivity index (χ2v) is 6.83. The summed E-state index contributed by atoms with van der Waals surface area (Å²) in [6.45, 7) is 0. The Kier molecular flexibility index (Phi) is 5.13. The van der Waals surface area contributed by atoms with Gasteiger partial charge in [-0.3, -0.25) is 9.00 Å². The second kappa shape index (κ2) is 6.63. The molecule has 1 unspecified atom stereocenters. The minimum Gasteiger partial charge on any atom is -0.310 e. The van der Waals surface area contributed by atoms with Crippen molar-refractivity contribution < 1.29 is 30.6 Å². The number of hydrogen-bond donors (Lipinski definition) is 1. The van der Waals surface area contributed by atoms with Crippen LogP contribution in [0.25, 0.3) is 0 Å². The quantitative estimate of drug-likeness (QED) is 0.814. The molecule has 0 saturated carbocycles. The molecule has 2 heterocycles. The molecule has 5 nitrogen and oxygen atoms in total. The maximum atomic E-state index is 12.5. The third kappa shape index (κ3) is 4.87. The lowest BCUT2D eigenvalue weighted by Gasteiger charge is -2.07. The predicted octanol–water partition coefficient (Wildman–Crippen LogP) is 2.71. The van der Waals surface area contributed by atoms with Gasteiger partial charge < -0.3 is 4.98 Å². The van der Waals surface area contributed by atoms with Gasteiger partial charge in [-0.25, -0.2) is 9.97 Å². The summed E-state index contributed by atoms with van der Waals surface area (Å²) in [6.07, 6.45) is -9.48. The summed E-state index contributed by atoms with van der Waals surface area (Å²) in [5.74, 6) is -1.43. The molecular formula is C11H7F6N3O2S2. The van der Waals surface area contributed by atoms with Crippen molar-refractivity contribution in [1.29, 1.82) is 0 Å². The third-order valence-electron chi connectivity index (χ3n) is 2.51. The zero-order valence-corrected chi connectivity index (χ0v) is 13.0. The summed E-state index contributed by atoms with van der Waals surface area (Å²) in [4.78, 5) is 19.6. The van der Waals surface area contributed by atoms with E-state index in [4.69, 9.17) is 0 Å². The highest BCUT2D eigenvalue weighted by atomic mass is 32.2. The number of halogens is 6. The molecule has 1 N–H and O–H groups in total. The van der Waals surface area contributed by atoms with E-state index in [9.17, 15) is 35.3 Å². The molecule has 132 valence electrons. The highest BCUT2D eigenvalue weighted by molar-refractivity contribution is 7.83. The lowest BCUT2D eigenvalue weighted by atomic mass is 10.4. The van der Waals surface area contributed by atoms with Gasteiger partial charge in [-0.15, -0.1) is 11.3 Å². The van der Waals surface area contributed by atoms with Crippen LogP contribution in [0, 0.1) is 0 Å². The molecule has 24 heavy (non-hydrogen) atoms. The highest BCUT2D eigenvalue weighted by Gasteiger charge is 2.34. The molecule has 0 spiro atoms. The summed E-state index contributed by atoms with van der Waals surface area (Å²) < 4.78 is 86.7. The number of aromatic amines is 1. The summed E-state index contributed by atoms with van der Waals surface area (Å²) in [5, 5.41) is 0.659. The predicted molar refractivity (Wildman–Crippen MR) is 72.5 cm³/mol. The fourth-order valence-corrected chi connectivity index (χ4v) is 3.71. The zero-order chi connectivity index (χ0) is 18.1. The standard InChI is InChI=1S/C11H7F6N3O2S2/c12-10(13,14)5-1-8(21)20-7(18-5)3-24(22)4-9-19-6(2-23-9)11(15,16)17/h1-2H,3-4H2,(H,18,20,21). The molecule has 0 amide bonds. The fourth-order valence-electron chi connectivity index (χ4n) is 1.57. The normalized spacial score (nSPS) is 13.9. The maximum Gasteiger partial charge on any atom is 0.434 e. The second-order valence-electron chi connectivity index (χ2n) is 4.43. The van der Waals surface area contributed by atoms with Crippen LogP contribution in [-0.4, -0.2) is 19.2 Å². The molecule has 0 bridgehead atoms. The van der Waals surface area contributed by atoms with E-state index in [0.717, 1.165) is 5.38 Å². The van der Waals surface area contributed by atoms with Crippen LogP contribution in [0.4, 0.5) is 26.3 Å². The fraction of sp³-hybridized carbons (Fsp3) is 0.364. The number of alkyl halides is 6. The van der Waals surface area contributed by atoms with Crippen LogP contribution >= 0.6 is 11.3 Å². The van der Waals surface area contributed by atoms with Crippen LogP contribution in [0.15, 0.2) is 16.2 Å². The Labute approximate surface area is 136 Å². The van der Waals surface area contributed by atoms with E-state index in [1.807, 2.05) is 4.98 Å². The average molecular weight is 391 g/mol. The molecule has 0 radical (unpaired) electrons. The Bertz CT molecular complexity index is 811. The first-order valence-electron chi connectivity index (χ1n) is 5.99. The maximum absolute atomic E-state index is 12.5. The summed E-state index contributed by atoms with van der Waals surface area (Å²) in [6, 6.07) is 0.253. The number of nitrogens with one attached hydrogen (secondary N) is 1. The molecule has 0 fully saturated rings. The van der Waals surface area contributed by atoms with Crippen molar-refractivity contribution in [1.82, 2.24) is 15.0 Å². The van der Waals surface area contributed by atoms with E-state index >= 15 is 0 Å². The first kappa shape index (κ1) is 18.6. The Morgan fingerprint density at radius 2 is 1.67 bits per heavy atom. The Hall–Kier alpha value is -1.76. The van der Waals surface area contributed by atoms with Crippen LogP contribution in [-0.2, 0) is 34.7 Å². The first-order valence-corrected chi connectivity index (χ1v) is 8.36. The number of hydrogen-bond acceptors (Lipinski definition) is 5. The average Bonchev–Trinajstić information content (AvgIpc) is 2.85. The molecule has 1 atom stereocenters. The van der Waals surface area contributed by atoms with Gasteiger partial charge in [0.15, 0.2) is 11.4 Å². The van der Waals surface area contributed by atoms with Crippen LogP contribution in [0.5, 0.6) is 0 Å². The van der Waals surface area contributed by atoms with Crippen LogP contribution < -0.4 is 5.56 Å². The van der Waals surface area contributed by atoms with Crippen molar-refractivity contribution in [3.63, 3.8) is 0 Å². The van der Waals surface area contributed by atoms with Crippen molar-refractivity contribution in [3.8, 4) is 0 Å². The van der Waals surface area contributed by atoms with Crippen LogP contribution in [0.1, 0.15) is 22.2 Å². The molecule has 0 aromatic carbocycles. The topological polar surface area (TPSA) is 75.7 Å². The van der Waals surface area contributed by atoms with Crippen LogP contribution in [0.2, 0.25) is 0 Å². The van der Waals surface area contributed by atoms with Crippen molar-refractivity contribution >= 4 is 22.1 Å². The van der Waals surface area contributed by atoms with Crippen LogP contribution in [0.3, 0.4) is 0 Å². The van der Waals surface area contributed by atoms with Gasteiger partial charge in [-0.1, -0.05) is 0 Å². The van der Waals surface area contributed by atoms with E-state index in [1.165, 1.54) is 0 Å². The summed E-state index contributed by atoms with van der Waals surface area (Å²) in [7, 11) is -1.90. The molecular weight excluding hydrogens is 384 g/mol. The number of nitrogens with zero attached hydrogens (tertiary/aromatic N) is 2. The Morgan fingerprint density at radius 3 is 2.21 bits per heavy atom. The number of thiazole rings is 1. The zero-order valence-electron chi connectivity index (χ0n) is 11.4. The van der Waals surface area contributed by atoms with Gasteiger partial charge in [-0.05, 0) is 0 Å². The van der Waals surface area contributed by atoms with E-state index in [-0.39, 0.29) is 11.1 Å². The molecule has 0 aliphatic rings.